The summed E-state index contributed by atoms with van der Waals surface area (Å²) in [7, 11) is 0. The molecule has 2 N–H and O–H groups in total. The zero-order chi connectivity index (χ0) is 22.4. The number of halogens is 1. The second kappa shape index (κ2) is 7.90. The summed E-state index contributed by atoms with van der Waals surface area (Å²) in [4.78, 5) is 19.7. The Morgan fingerprint density at radius 1 is 1.31 bits per heavy atom. The molecule has 4 aromatic rings. The Kier molecular flexibility index (Phi) is 5.05. The Balaban J connectivity index is 1.51. The van der Waals surface area contributed by atoms with Gasteiger partial charge in [-0.25, -0.2) is 9.37 Å². The standard InChI is InChI=1S/C23H26FN7O/c1-4-31-13-18-20(29-8-7-25-14(2)10-29)6-5-17(21(18)28-31)23(32)27-16-9-19(24)22-26-15(3)11-30(22)12-16/h5-6,9,11-14,25H,4,7-8,10H2,1-3H3,(H,27,32). The maximum atomic E-state index is 14.4. The highest BCUT2D eigenvalue weighted by Gasteiger charge is 2.22. The molecule has 4 heterocycles. The number of hydrogen-bond acceptors (Lipinski definition) is 5. The Hall–Kier alpha value is -3.46. The Bertz CT molecular complexity index is 1330. The van der Waals surface area contributed by atoms with Crippen LogP contribution in [0.5, 0.6) is 0 Å². The summed E-state index contributed by atoms with van der Waals surface area (Å²) in [6.07, 6.45) is 5.38. The zero-order valence-corrected chi connectivity index (χ0v) is 18.4. The number of imidazole rings is 1. The predicted molar refractivity (Wildman–Crippen MR) is 123 cm³/mol. The topological polar surface area (TPSA) is 79.5 Å². The van der Waals surface area contributed by atoms with E-state index in [1.165, 1.54) is 6.07 Å². The lowest BCUT2D eigenvalue weighted by atomic mass is 10.1. The fraction of sp³-hybridized carbons (Fsp3) is 0.348. The number of rotatable bonds is 4. The minimum atomic E-state index is -0.487. The van der Waals surface area contributed by atoms with E-state index in [9.17, 15) is 9.18 Å². The summed E-state index contributed by atoms with van der Waals surface area (Å²) in [5.41, 5.74) is 3.48. The number of piperazine rings is 1. The Morgan fingerprint density at radius 3 is 2.94 bits per heavy atom. The molecule has 1 atom stereocenters. The molecule has 5 rings (SSSR count). The van der Waals surface area contributed by atoms with Crippen LogP contribution in [0.3, 0.4) is 0 Å². The van der Waals surface area contributed by atoms with Crippen molar-refractivity contribution in [3.8, 4) is 0 Å². The third-order valence-corrected chi connectivity index (χ3v) is 5.86. The molecular formula is C23H26FN7O. The molecular weight excluding hydrogens is 409 g/mol. The van der Waals surface area contributed by atoms with E-state index in [1.54, 1.807) is 23.7 Å². The minimum Gasteiger partial charge on any atom is -0.368 e. The largest absolute Gasteiger partial charge is 0.368 e. The first kappa shape index (κ1) is 20.4. The molecule has 1 amide bonds. The first-order valence-corrected chi connectivity index (χ1v) is 10.9. The summed E-state index contributed by atoms with van der Waals surface area (Å²) in [6, 6.07) is 5.47. The molecule has 32 heavy (non-hydrogen) atoms. The SMILES string of the molecule is CCn1cc2c(N3CCNC(C)C3)ccc(C(=O)Nc3cc(F)c4nc(C)cn4c3)c2n1. The second-order valence-electron chi connectivity index (χ2n) is 8.32. The number of carbonyl (C=O) groups excluding carboxylic acids is 1. The number of anilines is 2. The van der Waals surface area contributed by atoms with E-state index >= 15 is 0 Å². The molecule has 166 valence electrons. The average Bonchev–Trinajstić information content (AvgIpc) is 3.36. The number of nitrogens with one attached hydrogen (secondary N) is 2. The van der Waals surface area contributed by atoms with E-state index in [1.807, 2.05) is 29.9 Å². The first-order chi connectivity index (χ1) is 15.4. The number of hydrogen-bond donors (Lipinski definition) is 2. The quantitative estimate of drug-likeness (QED) is 0.515. The van der Waals surface area contributed by atoms with Gasteiger partial charge in [-0.05, 0) is 32.9 Å². The minimum absolute atomic E-state index is 0.235. The predicted octanol–water partition coefficient (Wildman–Crippen LogP) is 3.20. The molecule has 9 heteroatoms. The van der Waals surface area contributed by atoms with Crippen LogP contribution < -0.4 is 15.5 Å². The van der Waals surface area contributed by atoms with Crippen molar-refractivity contribution < 1.29 is 9.18 Å². The van der Waals surface area contributed by atoms with Gasteiger partial charge in [0.2, 0.25) is 0 Å². The number of pyridine rings is 1. The second-order valence-corrected chi connectivity index (χ2v) is 8.32. The molecule has 1 unspecified atom stereocenters. The van der Waals surface area contributed by atoms with Crippen LogP contribution in [-0.2, 0) is 6.54 Å². The van der Waals surface area contributed by atoms with Gasteiger partial charge >= 0.3 is 0 Å². The van der Waals surface area contributed by atoms with E-state index < -0.39 is 5.82 Å². The smallest absolute Gasteiger partial charge is 0.257 e. The number of fused-ring (bicyclic) bond motifs is 2. The molecule has 0 aliphatic carbocycles. The van der Waals surface area contributed by atoms with Crippen LogP contribution >= 0.6 is 0 Å². The van der Waals surface area contributed by atoms with E-state index in [0.717, 1.165) is 30.7 Å². The third kappa shape index (κ3) is 3.58. The number of amides is 1. The van der Waals surface area contributed by atoms with E-state index in [0.29, 0.717) is 35.0 Å². The molecule has 1 fully saturated rings. The average molecular weight is 436 g/mol. The fourth-order valence-electron chi connectivity index (χ4n) is 4.36. The van der Waals surface area contributed by atoms with Crippen LogP contribution in [0, 0.1) is 12.7 Å². The molecule has 8 nitrogen and oxygen atoms in total. The Morgan fingerprint density at radius 2 is 2.16 bits per heavy atom. The fourth-order valence-corrected chi connectivity index (χ4v) is 4.36. The molecule has 1 saturated heterocycles. The maximum absolute atomic E-state index is 14.4. The molecule has 1 aliphatic heterocycles. The van der Waals surface area contributed by atoms with Crippen molar-refractivity contribution in [3.05, 3.63) is 53.9 Å². The van der Waals surface area contributed by atoms with Gasteiger partial charge < -0.3 is 19.9 Å². The summed E-state index contributed by atoms with van der Waals surface area (Å²) in [6.45, 7) is 9.38. The van der Waals surface area contributed by atoms with Gasteiger partial charge in [0.05, 0.1) is 16.9 Å². The highest BCUT2D eigenvalue weighted by atomic mass is 19.1. The van der Waals surface area contributed by atoms with Crippen LogP contribution in [0.15, 0.2) is 36.8 Å². The van der Waals surface area contributed by atoms with Gasteiger partial charge in [0, 0.05) is 68.0 Å². The van der Waals surface area contributed by atoms with Crippen LogP contribution in [0.2, 0.25) is 0 Å². The van der Waals surface area contributed by atoms with Crippen molar-refractivity contribution in [3.63, 3.8) is 0 Å². The molecule has 3 aromatic heterocycles. The highest BCUT2D eigenvalue weighted by molar-refractivity contribution is 6.13. The van der Waals surface area contributed by atoms with Gasteiger partial charge in [-0.3, -0.25) is 9.48 Å². The molecule has 0 radical (unpaired) electrons. The lowest BCUT2D eigenvalue weighted by Gasteiger charge is -2.34. The van der Waals surface area contributed by atoms with E-state index in [2.05, 4.69) is 32.5 Å². The van der Waals surface area contributed by atoms with E-state index in [-0.39, 0.29) is 11.6 Å². The lowest BCUT2D eigenvalue weighted by molar-refractivity contribution is 0.102. The molecule has 1 aromatic carbocycles. The summed E-state index contributed by atoms with van der Waals surface area (Å²) >= 11 is 0. The first-order valence-electron chi connectivity index (χ1n) is 10.9. The number of carbonyl (C=O) groups is 1. The van der Waals surface area contributed by atoms with E-state index in [4.69, 9.17) is 0 Å². The van der Waals surface area contributed by atoms with Crippen molar-refractivity contribution in [2.24, 2.45) is 0 Å². The van der Waals surface area contributed by atoms with Crippen molar-refractivity contribution in [1.82, 2.24) is 24.5 Å². The third-order valence-electron chi connectivity index (χ3n) is 5.86. The number of nitrogens with zero attached hydrogens (tertiary/aromatic N) is 5. The van der Waals surface area contributed by atoms with Crippen LogP contribution in [0.25, 0.3) is 16.6 Å². The normalized spacial score (nSPS) is 16.8. The van der Waals surface area contributed by atoms with Crippen LogP contribution in [-0.4, -0.2) is 50.7 Å². The lowest BCUT2D eigenvalue weighted by Crippen LogP contribution is -2.49. The van der Waals surface area contributed by atoms with Gasteiger partial charge in [-0.15, -0.1) is 0 Å². The van der Waals surface area contributed by atoms with Crippen LogP contribution in [0.4, 0.5) is 15.8 Å². The molecule has 0 bridgehead atoms. The summed E-state index contributed by atoms with van der Waals surface area (Å²) < 4.78 is 17.9. The molecule has 0 saturated carbocycles. The van der Waals surface area contributed by atoms with Crippen molar-refractivity contribution in [2.75, 3.05) is 29.9 Å². The van der Waals surface area contributed by atoms with Gasteiger partial charge in [-0.1, -0.05) is 0 Å². The Labute approximate surface area is 185 Å². The van der Waals surface area contributed by atoms with Crippen LogP contribution in [0.1, 0.15) is 29.9 Å². The summed E-state index contributed by atoms with van der Waals surface area (Å²) in [5, 5.41) is 11.9. The van der Waals surface area contributed by atoms with Gasteiger partial charge in [-0.2, -0.15) is 5.10 Å². The highest BCUT2D eigenvalue weighted by Crippen LogP contribution is 2.30. The number of benzene rings is 1. The molecule has 1 aliphatic rings. The van der Waals surface area contributed by atoms with Crippen molar-refractivity contribution in [2.45, 2.75) is 33.4 Å². The van der Waals surface area contributed by atoms with Gasteiger partial charge in [0.1, 0.15) is 5.52 Å². The zero-order valence-electron chi connectivity index (χ0n) is 18.4. The monoisotopic (exact) mass is 435 g/mol. The van der Waals surface area contributed by atoms with Crippen molar-refractivity contribution >= 4 is 33.8 Å². The molecule has 0 spiro atoms. The maximum Gasteiger partial charge on any atom is 0.257 e. The van der Waals surface area contributed by atoms with Crippen molar-refractivity contribution in [1.29, 1.82) is 0 Å². The summed E-state index contributed by atoms with van der Waals surface area (Å²) in [5.74, 6) is -0.813. The number of aryl methyl sites for hydroxylation is 2. The van der Waals surface area contributed by atoms with Gasteiger partial charge in [0.15, 0.2) is 11.5 Å². The van der Waals surface area contributed by atoms with Gasteiger partial charge in [0.25, 0.3) is 5.91 Å². The number of aromatic nitrogens is 4.